The van der Waals surface area contributed by atoms with Gasteiger partial charge in [0.05, 0.1) is 0 Å². The number of benzene rings is 2. The standard InChI is InChI=1S/C29H38N4O2/c1-20-7-9-22(10-8-20)29(35)33-19-26(32(25-15-16-25)18-21-5-3-2-4-6-21)17-27(33)28(34)31-24-13-11-23(30)12-14-24/h2-10,23-27H,11-19,30H2,1H3,(H,31,34). The molecular weight excluding hydrogens is 436 g/mol. The van der Waals surface area contributed by atoms with Crippen LogP contribution in [-0.2, 0) is 11.3 Å². The molecule has 2 aromatic rings. The number of rotatable bonds is 7. The van der Waals surface area contributed by atoms with Crippen molar-refractivity contribution in [2.75, 3.05) is 6.54 Å². The van der Waals surface area contributed by atoms with Crippen molar-refractivity contribution in [3.05, 3.63) is 71.3 Å². The second-order valence-electron chi connectivity index (χ2n) is 10.7. The van der Waals surface area contributed by atoms with Crippen molar-refractivity contribution < 1.29 is 9.59 Å². The normalized spacial score (nSPS) is 26.7. The lowest BCUT2D eigenvalue weighted by Gasteiger charge is -2.30. The first kappa shape index (κ1) is 24.0. The van der Waals surface area contributed by atoms with Gasteiger partial charge in [-0.25, -0.2) is 0 Å². The highest BCUT2D eigenvalue weighted by Gasteiger charge is 2.45. The minimum absolute atomic E-state index is 0.0103. The first-order valence-corrected chi connectivity index (χ1v) is 13.2. The van der Waals surface area contributed by atoms with Crippen molar-refractivity contribution >= 4 is 11.8 Å². The van der Waals surface area contributed by atoms with Crippen LogP contribution in [0, 0.1) is 6.92 Å². The summed E-state index contributed by atoms with van der Waals surface area (Å²) in [4.78, 5) is 31.6. The molecule has 2 amide bonds. The van der Waals surface area contributed by atoms with E-state index in [1.807, 2.05) is 42.2 Å². The van der Waals surface area contributed by atoms with Crippen molar-refractivity contribution in [1.82, 2.24) is 15.1 Å². The lowest BCUT2D eigenvalue weighted by Crippen LogP contribution is -2.50. The number of carbonyl (C=O) groups excluding carboxylic acids is 2. The van der Waals surface area contributed by atoms with E-state index in [1.165, 1.54) is 18.4 Å². The van der Waals surface area contributed by atoms with Gasteiger partial charge >= 0.3 is 0 Å². The molecule has 0 aromatic heterocycles. The molecule has 0 radical (unpaired) electrons. The second kappa shape index (κ2) is 10.5. The quantitative estimate of drug-likeness (QED) is 0.642. The molecule has 6 nitrogen and oxygen atoms in total. The summed E-state index contributed by atoms with van der Waals surface area (Å²) in [6.45, 7) is 3.46. The summed E-state index contributed by atoms with van der Waals surface area (Å²) in [5, 5.41) is 3.27. The number of carbonyl (C=O) groups is 2. The van der Waals surface area contributed by atoms with Gasteiger partial charge in [0, 0.05) is 42.8 Å². The SMILES string of the molecule is Cc1ccc(C(=O)N2CC(N(Cc3ccccc3)C3CC3)CC2C(=O)NC2CCC(N)CC2)cc1. The van der Waals surface area contributed by atoms with Gasteiger partial charge in [-0.3, -0.25) is 14.5 Å². The van der Waals surface area contributed by atoms with Crippen molar-refractivity contribution in [3.8, 4) is 0 Å². The van der Waals surface area contributed by atoms with Gasteiger partial charge in [0.15, 0.2) is 0 Å². The van der Waals surface area contributed by atoms with E-state index < -0.39 is 6.04 Å². The first-order chi connectivity index (χ1) is 17.0. The molecule has 2 aliphatic carbocycles. The predicted molar refractivity (Wildman–Crippen MR) is 138 cm³/mol. The lowest BCUT2D eigenvalue weighted by molar-refractivity contribution is -0.125. The Bertz CT molecular complexity index is 1010. The van der Waals surface area contributed by atoms with E-state index in [0.29, 0.717) is 24.6 Å². The van der Waals surface area contributed by atoms with Crippen molar-refractivity contribution in [3.63, 3.8) is 0 Å². The highest BCUT2D eigenvalue weighted by atomic mass is 16.2. The molecule has 3 N–H and O–H groups in total. The predicted octanol–water partition coefficient (Wildman–Crippen LogP) is 3.63. The number of amides is 2. The van der Waals surface area contributed by atoms with Crippen LogP contribution in [0.25, 0.3) is 0 Å². The van der Waals surface area contributed by atoms with Crippen LogP contribution >= 0.6 is 0 Å². The molecule has 186 valence electrons. The number of aryl methyl sites for hydroxylation is 1. The van der Waals surface area contributed by atoms with Crippen LogP contribution in [0.2, 0.25) is 0 Å². The maximum Gasteiger partial charge on any atom is 0.254 e. The lowest BCUT2D eigenvalue weighted by atomic mass is 9.91. The summed E-state index contributed by atoms with van der Waals surface area (Å²) in [5.41, 5.74) is 9.11. The summed E-state index contributed by atoms with van der Waals surface area (Å²) in [6, 6.07) is 18.9. The highest BCUT2D eigenvalue weighted by Crippen LogP contribution is 2.35. The zero-order valence-corrected chi connectivity index (χ0v) is 20.7. The number of hydrogen-bond acceptors (Lipinski definition) is 4. The van der Waals surface area contributed by atoms with Crippen LogP contribution in [0.1, 0.15) is 66.4 Å². The number of nitrogens with one attached hydrogen (secondary N) is 1. The van der Waals surface area contributed by atoms with Crippen molar-refractivity contribution in [2.45, 2.75) is 88.6 Å². The van der Waals surface area contributed by atoms with E-state index in [0.717, 1.165) is 37.8 Å². The zero-order chi connectivity index (χ0) is 24.4. The molecule has 3 fully saturated rings. The maximum atomic E-state index is 13.6. The van der Waals surface area contributed by atoms with E-state index in [4.69, 9.17) is 5.73 Å². The maximum absolute atomic E-state index is 13.6. The summed E-state index contributed by atoms with van der Waals surface area (Å²) >= 11 is 0. The smallest absolute Gasteiger partial charge is 0.254 e. The second-order valence-corrected chi connectivity index (χ2v) is 10.7. The Kier molecular flexibility index (Phi) is 7.21. The number of likely N-dealkylation sites (tertiary alicyclic amines) is 1. The zero-order valence-electron chi connectivity index (χ0n) is 20.7. The minimum atomic E-state index is -0.443. The molecule has 6 heteroatoms. The number of nitrogens with two attached hydrogens (primary N) is 1. The molecule has 0 spiro atoms. The fourth-order valence-corrected chi connectivity index (χ4v) is 5.71. The van der Waals surface area contributed by atoms with Gasteiger partial charge in [-0.1, -0.05) is 48.0 Å². The average Bonchev–Trinajstić information content (AvgIpc) is 3.62. The Morgan fingerprint density at radius 3 is 2.29 bits per heavy atom. The van der Waals surface area contributed by atoms with Crippen LogP contribution in [-0.4, -0.2) is 58.4 Å². The highest BCUT2D eigenvalue weighted by molar-refractivity contribution is 5.98. The fourth-order valence-electron chi connectivity index (χ4n) is 5.71. The molecule has 5 rings (SSSR count). The van der Waals surface area contributed by atoms with Gasteiger partial charge in [-0.15, -0.1) is 0 Å². The Labute approximate surface area is 208 Å². The van der Waals surface area contributed by atoms with E-state index >= 15 is 0 Å². The molecule has 2 aromatic carbocycles. The monoisotopic (exact) mass is 474 g/mol. The third-order valence-corrected chi connectivity index (χ3v) is 7.95. The van der Waals surface area contributed by atoms with Crippen molar-refractivity contribution in [2.24, 2.45) is 5.73 Å². The number of hydrogen-bond donors (Lipinski definition) is 2. The Balaban J connectivity index is 1.35. The summed E-state index contributed by atoms with van der Waals surface area (Å²) in [5.74, 6) is -0.0577. The van der Waals surface area contributed by atoms with Gasteiger partial charge in [-0.05, 0) is 69.6 Å². The summed E-state index contributed by atoms with van der Waals surface area (Å²) < 4.78 is 0. The molecule has 2 atom stereocenters. The number of nitrogens with zero attached hydrogens (tertiary/aromatic N) is 2. The van der Waals surface area contributed by atoms with Gasteiger partial charge in [-0.2, -0.15) is 0 Å². The Morgan fingerprint density at radius 1 is 0.943 bits per heavy atom. The molecule has 35 heavy (non-hydrogen) atoms. The molecule has 3 aliphatic rings. The van der Waals surface area contributed by atoms with Crippen LogP contribution < -0.4 is 11.1 Å². The van der Waals surface area contributed by atoms with Gasteiger partial charge in [0.2, 0.25) is 5.91 Å². The fraction of sp³-hybridized carbons (Fsp3) is 0.517. The topological polar surface area (TPSA) is 78.7 Å². The molecule has 2 unspecified atom stereocenters. The Hall–Kier alpha value is -2.70. The van der Waals surface area contributed by atoms with Gasteiger partial charge in [0.1, 0.15) is 6.04 Å². The minimum Gasteiger partial charge on any atom is -0.352 e. The van der Waals surface area contributed by atoms with E-state index in [-0.39, 0.29) is 29.9 Å². The van der Waals surface area contributed by atoms with Crippen molar-refractivity contribution in [1.29, 1.82) is 0 Å². The molecule has 1 aliphatic heterocycles. The first-order valence-electron chi connectivity index (χ1n) is 13.2. The average molecular weight is 475 g/mol. The van der Waals surface area contributed by atoms with E-state index in [1.54, 1.807) is 0 Å². The van der Waals surface area contributed by atoms with Gasteiger partial charge in [0.25, 0.3) is 5.91 Å². The Morgan fingerprint density at radius 2 is 1.63 bits per heavy atom. The largest absolute Gasteiger partial charge is 0.352 e. The van der Waals surface area contributed by atoms with Crippen LogP contribution in [0.3, 0.4) is 0 Å². The molecular formula is C29H38N4O2. The molecule has 1 heterocycles. The van der Waals surface area contributed by atoms with Crippen LogP contribution in [0.15, 0.2) is 54.6 Å². The molecule has 1 saturated heterocycles. The third kappa shape index (κ3) is 5.76. The van der Waals surface area contributed by atoms with E-state index in [2.05, 4.69) is 34.5 Å². The van der Waals surface area contributed by atoms with Gasteiger partial charge < -0.3 is 16.0 Å². The van der Waals surface area contributed by atoms with Crippen LogP contribution in [0.4, 0.5) is 0 Å². The van der Waals surface area contributed by atoms with E-state index in [9.17, 15) is 9.59 Å². The summed E-state index contributed by atoms with van der Waals surface area (Å²) in [7, 11) is 0. The third-order valence-electron chi connectivity index (χ3n) is 7.95. The molecule has 0 bridgehead atoms. The summed E-state index contributed by atoms with van der Waals surface area (Å²) in [6.07, 6.45) is 6.77. The van der Waals surface area contributed by atoms with Crippen LogP contribution in [0.5, 0.6) is 0 Å². The molecule has 2 saturated carbocycles.